The number of phenols is 4. The van der Waals surface area contributed by atoms with Gasteiger partial charge in [-0.05, 0) is 25.1 Å². The zero-order chi connectivity index (χ0) is 32.0. The van der Waals surface area contributed by atoms with Gasteiger partial charge in [0.05, 0.1) is 25.4 Å². The molecule has 0 bridgehead atoms. The molecular formula is C28H34O16. The first-order chi connectivity index (χ1) is 20.8. The van der Waals surface area contributed by atoms with Crippen molar-refractivity contribution in [2.75, 3.05) is 13.7 Å². The van der Waals surface area contributed by atoms with Gasteiger partial charge in [0.25, 0.3) is 0 Å². The topological polar surface area (TPSA) is 258 Å². The Kier molecular flexibility index (Phi) is 8.99. The van der Waals surface area contributed by atoms with Crippen LogP contribution in [0.3, 0.4) is 0 Å². The lowest BCUT2D eigenvalue weighted by atomic mass is 9.98. The highest BCUT2D eigenvalue weighted by molar-refractivity contribution is 5.70. The van der Waals surface area contributed by atoms with Gasteiger partial charge in [-0.1, -0.05) is 0 Å². The zero-order valence-corrected chi connectivity index (χ0v) is 23.4. The second kappa shape index (κ2) is 12.4. The molecule has 11 atom stereocenters. The molecule has 10 N–H and O–H groups in total. The summed E-state index contributed by atoms with van der Waals surface area (Å²) in [5.74, 6) is -2.11. The fourth-order valence-corrected chi connectivity index (χ4v) is 5.12. The normalized spacial score (nSPS) is 35.3. The smallest absolute Gasteiger partial charge is 0.228 e. The predicted octanol–water partition coefficient (Wildman–Crippen LogP) is -1.34. The number of aliphatic hydroxyl groups is 6. The van der Waals surface area contributed by atoms with E-state index in [0.717, 1.165) is 12.1 Å². The summed E-state index contributed by atoms with van der Waals surface area (Å²) >= 11 is 0. The molecule has 11 unspecified atom stereocenters. The van der Waals surface area contributed by atoms with Crippen molar-refractivity contribution < 1.29 is 79.5 Å². The Morgan fingerprint density at radius 2 is 1.43 bits per heavy atom. The van der Waals surface area contributed by atoms with E-state index in [2.05, 4.69) is 0 Å². The minimum Gasteiger partial charge on any atom is -0.508 e. The summed E-state index contributed by atoms with van der Waals surface area (Å²) in [5.41, 5.74) is 0.217. The maximum atomic E-state index is 10.7. The number of benzene rings is 2. The summed E-state index contributed by atoms with van der Waals surface area (Å²) in [6.07, 6.45) is -15.4. The zero-order valence-electron chi connectivity index (χ0n) is 23.4. The molecular weight excluding hydrogens is 592 g/mol. The van der Waals surface area contributed by atoms with Crippen LogP contribution in [0.15, 0.2) is 30.0 Å². The molecule has 0 radical (unpaired) electrons. The molecule has 3 aliphatic heterocycles. The third kappa shape index (κ3) is 5.91. The van der Waals surface area contributed by atoms with E-state index < -0.39 is 91.4 Å². The third-order valence-electron chi connectivity index (χ3n) is 7.65. The number of ether oxygens (including phenoxy) is 6. The number of aliphatic hydroxyl groups excluding tert-OH is 6. The maximum Gasteiger partial charge on any atom is 0.228 e. The van der Waals surface area contributed by atoms with Gasteiger partial charge in [0, 0.05) is 17.7 Å². The van der Waals surface area contributed by atoms with Gasteiger partial charge in [-0.2, -0.15) is 0 Å². The van der Waals surface area contributed by atoms with Gasteiger partial charge in [-0.3, -0.25) is 0 Å². The number of rotatable bonds is 7. The molecule has 242 valence electrons. The highest BCUT2D eigenvalue weighted by atomic mass is 16.7. The number of phenolic OH excluding ortho intramolecular Hbond substituents is 4. The van der Waals surface area contributed by atoms with Gasteiger partial charge in [0.2, 0.25) is 12.0 Å². The maximum absolute atomic E-state index is 10.7. The number of fused-ring (bicyclic) bond motifs is 1. The molecule has 5 rings (SSSR count). The molecule has 3 aliphatic rings. The standard InChI is InChI=1S/C28H34O16/c1-9-19(32)22(35)24(37)27(41-9)40-8-18-21(34)23(36)25(38)28(44-18)43-17-7-12-13(30)5-11(29)6-15(12)42-26(17)10-3-14(31)20(33)16(4-10)39-2/h3-7,9,18-19,21-38H,8H2,1-2H3. The first-order valence-electron chi connectivity index (χ1n) is 13.5. The molecule has 0 aliphatic carbocycles. The molecule has 2 saturated heterocycles. The van der Waals surface area contributed by atoms with E-state index in [1.54, 1.807) is 0 Å². The first-order valence-corrected chi connectivity index (χ1v) is 13.5. The quantitative estimate of drug-likeness (QED) is 0.160. The van der Waals surface area contributed by atoms with Crippen molar-refractivity contribution in [3.8, 4) is 34.5 Å². The molecule has 16 nitrogen and oxygen atoms in total. The average molecular weight is 627 g/mol. The van der Waals surface area contributed by atoms with Crippen LogP contribution >= 0.6 is 0 Å². The molecule has 0 spiro atoms. The number of aromatic hydroxyl groups is 4. The Hall–Kier alpha value is -3.58. The van der Waals surface area contributed by atoms with Crippen molar-refractivity contribution in [1.82, 2.24) is 0 Å². The van der Waals surface area contributed by atoms with Gasteiger partial charge in [0.15, 0.2) is 23.9 Å². The van der Waals surface area contributed by atoms with Gasteiger partial charge < -0.3 is 79.5 Å². The lowest BCUT2D eigenvalue weighted by molar-refractivity contribution is -0.324. The minimum absolute atomic E-state index is 0.00537. The van der Waals surface area contributed by atoms with E-state index in [0.29, 0.717) is 0 Å². The Balaban J connectivity index is 1.42. The van der Waals surface area contributed by atoms with Crippen LogP contribution < -0.4 is 9.47 Å². The Bertz CT molecular complexity index is 1380. The molecule has 0 amide bonds. The van der Waals surface area contributed by atoms with E-state index in [4.69, 9.17) is 28.4 Å². The molecule has 2 fully saturated rings. The van der Waals surface area contributed by atoms with Gasteiger partial charge in [-0.25, -0.2) is 0 Å². The van der Waals surface area contributed by atoms with E-state index in [-0.39, 0.29) is 34.1 Å². The minimum atomic E-state index is -1.84. The summed E-state index contributed by atoms with van der Waals surface area (Å²) in [4.78, 5) is 0. The fourth-order valence-electron chi connectivity index (χ4n) is 5.12. The summed E-state index contributed by atoms with van der Waals surface area (Å²) in [5, 5.41) is 103. The summed E-state index contributed by atoms with van der Waals surface area (Å²) < 4.78 is 33.6. The fraction of sp³-hybridized carbons (Fsp3) is 0.500. The van der Waals surface area contributed by atoms with Crippen LogP contribution in [-0.2, 0) is 18.9 Å². The SMILES string of the molecule is COc1cc(C2Oc3cc(O)cc(O)c3C=C2OC2OC(COC3OC(C)C(O)C(O)C3O)C(O)C(O)C2O)cc(O)c1O. The first kappa shape index (κ1) is 31.8. The summed E-state index contributed by atoms with van der Waals surface area (Å²) in [7, 11) is 1.25. The van der Waals surface area contributed by atoms with Crippen LogP contribution in [0.1, 0.15) is 24.2 Å². The van der Waals surface area contributed by atoms with Gasteiger partial charge >= 0.3 is 0 Å². The van der Waals surface area contributed by atoms with Crippen LogP contribution in [0.25, 0.3) is 6.08 Å². The van der Waals surface area contributed by atoms with E-state index in [9.17, 15) is 51.1 Å². The Morgan fingerprint density at radius 3 is 2.14 bits per heavy atom. The highest BCUT2D eigenvalue weighted by Gasteiger charge is 2.48. The molecule has 0 aromatic heterocycles. The van der Waals surface area contributed by atoms with E-state index >= 15 is 0 Å². The van der Waals surface area contributed by atoms with Crippen molar-refractivity contribution in [2.24, 2.45) is 0 Å². The van der Waals surface area contributed by atoms with Crippen LogP contribution in [-0.4, -0.2) is 126 Å². The molecule has 16 heteroatoms. The van der Waals surface area contributed by atoms with Crippen LogP contribution in [0, 0.1) is 0 Å². The van der Waals surface area contributed by atoms with Crippen molar-refractivity contribution in [3.63, 3.8) is 0 Å². The van der Waals surface area contributed by atoms with Crippen molar-refractivity contribution in [2.45, 2.75) is 74.4 Å². The predicted molar refractivity (Wildman–Crippen MR) is 144 cm³/mol. The van der Waals surface area contributed by atoms with Crippen molar-refractivity contribution in [3.05, 3.63) is 41.2 Å². The molecule has 0 saturated carbocycles. The van der Waals surface area contributed by atoms with Gasteiger partial charge in [0.1, 0.15) is 65.7 Å². The van der Waals surface area contributed by atoms with Crippen LogP contribution in [0.5, 0.6) is 34.5 Å². The highest BCUT2D eigenvalue weighted by Crippen LogP contribution is 2.47. The third-order valence-corrected chi connectivity index (χ3v) is 7.65. The van der Waals surface area contributed by atoms with Crippen molar-refractivity contribution >= 4 is 6.08 Å². The summed E-state index contributed by atoms with van der Waals surface area (Å²) in [6.45, 7) is 0.913. The lowest BCUT2D eigenvalue weighted by Crippen LogP contribution is -2.61. The van der Waals surface area contributed by atoms with Crippen LogP contribution in [0.4, 0.5) is 0 Å². The van der Waals surface area contributed by atoms with E-state index in [1.807, 2.05) is 0 Å². The van der Waals surface area contributed by atoms with E-state index in [1.165, 1.54) is 32.2 Å². The van der Waals surface area contributed by atoms with Crippen molar-refractivity contribution in [1.29, 1.82) is 0 Å². The Labute approximate surface area is 249 Å². The second-order valence-electron chi connectivity index (χ2n) is 10.7. The second-order valence-corrected chi connectivity index (χ2v) is 10.7. The number of methoxy groups -OCH3 is 1. The summed E-state index contributed by atoms with van der Waals surface area (Å²) in [6, 6.07) is 4.72. The average Bonchev–Trinajstić information content (AvgIpc) is 2.99. The molecule has 44 heavy (non-hydrogen) atoms. The number of hydrogen-bond acceptors (Lipinski definition) is 16. The Morgan fingerprint density at radius 1 is 0.750 bits per heavy atom. The largest absolute Gasteiger partial charge is 0.508 e. The van der Waals surface area contributed by atoms with Gasteiger partial charge in [-0.15, -0.1) is 0 Å². The molecule has 2 aromatic rings. The molecule has 2 aromatic carbocycles. The number of hydrogen-bond donors (Lipinski definition) is 10. The lowest BCUT2D eigenvalue weighted by Gasteiger charge is -2.43. The molecule has 3 heterocycles. The van der Waals surface area contributed by atoms with Crippen LogP contribution in [0.2, 0.25) is 0 Å². The monoisotopic (exact) mass is 626 g/mol.